The van der Waals surface area contributed by atoms with Gasteiger partial charge in [0.25, 0.3) is 5.91 Å². The highest BCUT2D eigenvalue weighted by molar-refractivity contribution is 5.98. The summed E-state index contributed by atoms with van der Waals surface area (Å²) < 4.78 is 21.7. The molecule has 33 heavy (non-hydrogen) atoms. The van der Waals surface area contributed by atoms with E-state index in [9.17, 15) is 14.7 Å². The lowest BCUT2D eigenvalue weighted by Crippen LogP contribution is -2.48. The number of hydrogen-bond acceptors (Lipinski definition) is 3. The summed E-state index contributed by atoms with van der Waals surface area (Å²) in [7, 11) is 0. The monoisotopic (exact) mass is 453 g/mol. The minimum absolute atomic E-state index is 0.00612. The molecule has 1 saturated heterocycles. The molecule has 6 heteroatoms. The Labute approximate surface area is 193 Å². The normalized spacial score (nSPS) is 40.1. The maximum Gasteiger partial charge on any atom is 0.326 e. The highest BCUT2D eigenvalue weighted by atomic mass is 19.1. The summed E-state index contributed by atoms with van der Waals surface area (Å²) in [5.74, 6) is 1.66. The number of hydrogen-bond donors (Lipinski definition) is 1. The summed E-state index contributed by atoms with van der Waals surface area (Å²) in [5.41, 5.74) is 1.18. The number of fused-ring (bicyclic) bond motifs is 1. The van der Waals surface area contributed by atoms with Crippen LogP contribution in [0.15, 0.2) is 12.1 Å². The number of piperidine rings is 1. The summed E-state index contributed by atoms with van der Waals surface area (Å²) >= 11 is 0. The highest BCUT2D eigenvalue weighted by Gasteiger charge is 2.57. The lowest BCUT2D eigenvalue weighted by molar-refractivity contribution is -0.142. The Bertz CT molecular complexity index is 998. The molecule has 0 spiro atoms. The number of carbonyl (C=O) groups is 2. The maximum absolute atomic E-state index is 15.3. The molecule has 1 amide bonds. The number of aliphatic carboxylic acids is 1. The second-order valence-electron chi connectivity index (χ2n) is 12.3. The number of rotatable bonds is 6. The zero-order chi connectivity index (χ0) is 22.5. The van der Waals surface area contributed by atoms with Gasteiger partial charge in [-0.1, -0.05) is 0 Å². The van der Waals surface area contributed by atoms with Gasteiger partial charge in [0.15, 0.2) is 0 Å². The first-order chi connectivity index (χ1) is 15.9. The fourth-order valence-electron chi connectivity index (χ4n) is 8.42. The van der Waals surface area contributed by atoms with Crippen molar-refractivity contribution in [2.24, 2.45) is 35.0 Å². The minimum atomic E-state index is -0.980. The van der Waals surface area contributed by atoms with E-state index in [4.69, 9.17) is 4.74 Å². The Morgan fingerprint density at radius 1 is 1.06 bits per heavy atom. The molecule has 1 aliphatic heterocycles. The van der Waals surface area contributed by atoms with Crippen molar-refractivity contribution in [3.63, 3.8) is 0 Å². The van der Waals surface area contributed by atoms with E-state index >= 15 is 4.39 Å². The molecule has 176 valence electrons. The molecule has 1 aromatic carbocycles. The van der Waals surface area contributed by atoms with Gasteiger partial charge in [-0.15, -0.1) is 0 Å². The molecular weight excluding hydrogens is 421 g/mol. The van der Waals surface area contributed by atoms with E-state index in [0.29, 0.717) is 24.8 Å². The number of nitrogens with zero attached hydrogens (tertiary/aromatic N) is 1. The van der Waals surface area contributed by atoms with Crippen molar-refractivity contribution < 1.29 is 23.8 Å². The van der Waals surface area contributed by atoms with Crippen LogP contribution in [0.4, 0.5) is 4.39 Å². The van der Waals surface area contributed by atoms with Gasteiger partial charge >= 0.3 is 5.97 Å². The van der Waals surface area contributed by atoms with Crippen molar-refractivity contribution >= 4 is 11.9 Å². The van der Waals surface area contributed by atoms with Crippen LogP contribution in [0.1, 0.15) is 79.6 Å². The average molecular weight is 454 g/mol. The Morgan fingerprint density at radius 3 is 2.33 bits per heavy atom. The molecule has 0 radical (unpaired) electrons. The number of carbonyl (C=O) groups excluding carboxylic acids is 1. The highest BCUT2D eigenvalue weighted by Crippen LogP contribution is 2.60. The van der Waals surface area contributed by atoms with Crippen molar-refractivity contribution in [3.05, 3.63) is 29.1 Å². The van der Waals surface area contributed by atoms with Crippen LogP contribution in [0.5, 0.6) is 5.75 Å². The third kappa shape index (κ3) is 3.30. The molecule has 1 aromatic rings. The largest absolute Gasteiger partial charge is 0.493 e. The van der Waals surface area contributed by atoms with Crippen molar-refractivity contribution in [2.75, 3.05) is 13.2 Å². The van der Waals surface area contributed by atoms with E-state index in [-0.39, 0.29) is 22.8 Å². The Balaban J connectivity index is 1.14. The van der Waals surface area contributed by atoms with Crippen LogP contribution >= 0.6 is 0 Å². The third-order valence-electron chi connectivity index (χ3n) is 9.71. The second-order valence-corrected chi connectivity index (χ2v) is 12.3. The topological polar surface area (TPSA) is 66.8 Å². The number of amides is 1. The van der Waals surface area contributed by atoms with Gasteiger partial charge in [-0.05, 0) is 105 Å². The van der Waals surface area contributed by atoms with Crippen LogP contribution < -0.4 is 4.74 Å². The van der Waals surface area contributed by atoms with Gasteiger partial charge in [0.05, 0.1) is 12.2 Å². The molecule has 0 aromatic heterocycles. The van der Waals surface area contributed by atoms with Crippen LogP contribution in [0.2, 0.25) is 0 Å². The minimum Gasteiger partial charge on any atom is -0.493 e. The summed E-state index contributed by atoms with van der Waals surface area (Å²) in [6.07, 6.45) is 10.8. The van der Waals surface area contributed by atoms with Gasteiger partial charge < -0.3 is 14.7 Å². The summed E-state index contributed by atoms with van der Waals surface area (Å²) in [6.45, 7) is 1.07. The Kier molecular flexibility index (Phi) is 4.27. The molecule has 6 saturated carbocycles. The van der Waals surface area contributed by atoms with Crippen molar-refractivity contribution in [1.29, 1.82) is 0 Å². The fraction of sp³-hybridized carbons (Fsp3) is 0.704. The van der Waals surface area contributed by atoms with Crippen molar-refractivity contribution in [3.8, 4) is 5.75 Å². The van der Waals surface area contributed by atoms with Gasteiger partial charge in [0.2, 0.25) is 0 Å². The predicted octanol–water partition coefficient (Wildman–Crippen LogP) is 4.84. The Hall–Kier alpha value is -2.11. The Morgan fingerprint density at radius 2 is 1.73 bits per heavy atom. The first kappa shape index (κ1) is 20.3. The third-order valence-corrected chi connectivity index (χ3v) is 9.71. The van der Waals surface area contributed by atoms with Crippen molar-refractivity contribution in [1.82, 2.24) is 4.90 Å². The molecule has 5 nitrogen and oxygen atoms in total. The first-order valence-electron chi connectivity index (χ1n) is 12.9. The van der Waals surface area contributed by atoms with Crippen LogP contribution in [0.25, 0.3) is 0 Å². The molecule has 4 bridgehead atoms. The van der Waals surface area contributed by atoms with Gasteiger partial charge in [0.1, 0.15) is 17.6 Å². The smallest absolute Gasteiger partial charge is 0.326 e. The molecule has 7 fully saturated rings. The number of carboxylic acids is 1. The SMILES string of the molecule is O=C(O)[C@@H]1[C@@H]2C[C@@H]2CN1C(=O)c1cc(C2CC2)c(OCC23CC4CC(CC(C4)C2)C3)cc1F. The standard InChI is InChI=1S/C27H32FNO4/c28-22-8-23(33-13-27-9-14-3-15(10-27)5-16(4-14)11-27)19(17-1-2-17)7-21(22)25(30)29-12-18-6-20(18)24(29)26(31)32/h7-8,14-18,20,24H,1-6,9-13H2,(H,31,32)/t14?,15?,16?,18-,20-,24+,27?/m1/s1. The quantitative estimate of drug-likeness (QED) is 0.669. The summed E-state index contributed by atoms with van der Waals surface area (Å²) in [4.78, 5) is 26.4. The van der Waals surface area contributed by atoms with Crippen LogP contribution in [-0.2, 0) is 4.79 Å². The van der Waals surface area contributed by atoms with E-state index < -0.39 is 23.7 Å². The molecule has 3 atom stereocenters. The zero-order valence-corrected chi connectivity index (χ0v) is 19.0. The number of ether oxygens (including phenoxy) is 1. The number of carboxylic acid groups (broad SMARTS) is 1. The van der Waals surface area contributed by atoms with Crippen LogP contribution in [-0.4, -0.2) is 41.1 Å². The number of benzene rings is 1. The van der Waals surface area contributed by atoms with E-state index in [2.05, 4.69) is 0 Å². The lowest BCUT2D eigenvalue weighted by Gasteiger charge is -2.56. The van der Waals surface area contributed by atoms with Gasteiger partial charge in [-0.25, -0.2) is 9.18 Å². The summed E-state index contributed by atoms with van der Waals surface area (Å²) in [5, 5.41) is 9.62. The number of halogens is 1. The fourth-order valence-corrected chi connectivity index (χ4v) is 8.42. The van der Waals surface area contributed by atoms with E-state index in [1.54, 1.807) is 6.07 Å². The van der Waals surface area contributed by atoms with Crippen molar-refractivity contribution in [2.45, 2.75) is 69.7 Å². The molecule has 1 heterocycles. The van der Waals surface area contributed by atoms with Crippen LogP contribution in [0, 0.1) is 40.8 Å². The van der Waals surface area contributed by atoms with Gasteiger partial charge in [-0.3, -0.25) is 4.79 Å². The first-order valence-corrected chi connectivity index (χ1v) is 12.9. The second kappa shape index (κ2) is 6.96. The number of likely N-dealkylation sites (tertiary alicyclic amines) is 1. The van der Waals surface area contributed by atoms with Gasteiger partial charge in [-0.2, -0.15) is 0 Å². The zero-order valence-electron chi connectivity index (χ0n) is 19.0. The van der Waals surface area contributed by atoms with E-state index in [1.165, 1.54) is 49.5 Å². The average Bonchev–Trinajstić information content (AvgIpc) is 3.69. The lowest BCUT2D eigenvalue weighted by atomic mass is 9.50. The molecule has 6 aliphatic carbocycles. The maximum atomic E-state index is 15.3. The molecule has 7 aliphatic rings. The van der Waals surface area contributed by atoms with Gasteiger partial charge in [0, 0.05) is 18.0 Å². The van der Waals surface area contributed by atoms with E-state index in [0.717, 1.165) is 42.6 Å². The molecule has 1 N–H and O–H groups in total. The van der Waals surface area contributed by atoms with Crippen LogP contribution in [0.3, 0.4) is 0 Å². The van der Waals surface area contributed by atoms with E-state index in [1.807, 2.05) is 0 Å². The predicted molar refractivity (Wildman–Crippen MR) is 119 cm³/mol. The molecule has 0 unspecified atom stereocenters. The molecular formula is C27H32FNO4. The summed E-state index contributed by atoms with van der Waals surface area (Å²) in [6, 6.07) is 2.26. The molecule has 8 rings (SSSR count).